The molecule has 1 unspecified atom stereocenters. The van der Waals surface area contributed by atoms with Gasteiger partial charge in [0.1, 0.15) is 0 Å². The van der Waals surface area contributed by atoms with Crippen molar-refractivity contribution in [1.82, 2.24) is 5.32 Å². The Morgan fingerprint density at radius 1 is 1.70 bits per heavy atom. The second-order valence-electron chi connectivity index (χ2n) is 1.79. The third kappa shape index (κ3) is 1.01. The maximum Gasteiger partial charge on any atom is 0.347 e. The lowest BCUT2D eigenvalue weighted by Crippen LogP contribution is -2.55. The molecule has 0 aromatic rings. The summed E-state index contributed by atoms with van der Waals surface area (Å²) >= 11 is 0. The summed E-state index contributed by atoms with van der Waals surface area (Å²) in [6.07, 6.45) is 0.466. The van der Waals surface area contributed by atoms with Crippen molar-refractivity contribution in [2.45, 2.75) is 5.79 Å². The zero-order chi connectivity index (χ0) is 7.78. The first-order valence-electron chi connectivity index (χ1n) is 2.41. The minimum Gasteiger partial charge on any atom is -0.286 e. The Kier molecular flexibility index (Phi) is 1.26. The highest BCUT2D eigenvalue weighted by atomic mass is 19.1. The number of urea groups is 1. The molecule has 0 spiro atoms. The summed E-state index contributed by atoms with van der Waals surface area (Å²) in [5, 5.41) is 1.59. The molecule has 0 saturated carbocycles. The van der Waals surface area contributed by atoms with Crippen LogP contribution in [0.25, 0.3) is 0 Å². The number of hydrogen-bond donors (Lipinski definition) is 2. The molecule has 0 aliphatic carbocycles. The maximum atomic E-state index is 12.5. The molecule has 0 bridgehead atoms. The van der Waals surface area contributed by atoms with E-state index < -0.39 is 17.7 Å². The van der Waals surface area contributed by atoms with Crippen LogP contribution in [0, 0.1) is 0 Å². The van der Waals surface area contributed by atoms with E-state index in [2.05, 4.69) is 4.99 Å². The molecule has 0 aromatic carbocycles. The fraction of sp³-hybridized carbons (Fsp3) is 0.250. The van der Waals surface area contributed by atoms with Crippen molar-refractivity contribution in [2.75, 3.05) is 0 Å². The van der Waals surface area contributed by atoms with E-state index in [1.807, 2.05) is 0 Å². The Labute approximate surface area is 55.1 Å². The number of imide groups is 1. The van der Waals surface area contributed by atoms with Crippen LogP contribution in [0.3, 0.4) is 0 Å². The van der Waals surface area contributed by atoms with Gasteiger partial charge in [-0.25, -0.2) is 14.2 Å². The summed E-state index contributed by atoms with van der Waals surface area (Å²) in [7, 11) is 0. The van der Waals surface area contributed by atoms with Gasteiger partial charge in [0.25, 0.3) is 11.7 Å². The van der Waals surface area contributed by atoms with Gasteiger partial charge in [0.2, 0.25) is 0 Å². The molecule has 1 aliphatic heterocycles. The Bertz CT molecular complexity index is 223. The lowest BCUT2D eigenvalue weighted by molar-refractivity contribution is -0.127. The highest BCUT2D eigenvalue weighted by Crippen LogP contribution is 2.02. The summed E-state index contributed by atoms with van der Waals surface area (Å²) in [6.45, 7) is 0. The van der Waals surface area contributed by atoms with Crippen LogP contribution >= 0.6 is 0 Å². The first-order chi connectivity index (χ1) is 4.52. The molecule has 0 saturated heterocycles. The lowest BCUT2D eigenvalue weighted by Gasteiger charge is -2.15. The van der Waals surface area contributed by atoms with Gasteiger partial charge in [-0.2, -0.15) is 0 Å². The van der Waals surface area contributed by atoms with Gasteiger partial charge in [-0.3, -0.25) is 15.8 Å². The van der Waals surface area contributed by atoms with Gasteiger partial charge in [-0.15, -0.1) is 0 Å². The predicted octanol–water partition coefficient (Wildman–Crippen LogP) is -1.07. The normalized spacial score (nSPS) is 32.2. The summed E-state index contributed by atoms with van der Waals surface area (Å²) < 4.78 is 12.5. The van der Waals surface area contributed by atoms with E-state index in [-0.39, 0.29) is 0 Å². The number of hydrogen-bond acceptors (Lipinski definition) is 3. The zero-order valence-electron chi connectivity index (χ0n) is 4.80. The fourth-order valence-electron chi connectivity index (χ4n) is 0.436. The molecule has 1 rings (SSSR count). The average molecular weight is 145 g/mol. The molecule has 0 fully saturated rings. The number of alkyl halides is 1. The quantitative estimate of drug-likeness (QED) is 0.425. The van der Waals surface area contributed by atoms with E-state index in [9.17, 15) is 14.0 Å². The Morgan fingerprint density at radius 2 is 2.30 bits per heavy atom. The summed E-state index contributed by atoms with van der Waals surface area (Å²) in [5.41, 5.74) is 4.70. The van der Waals surface area contributed by atoms with E-state index >= 15 is 0 Å². The maximum absolute atomic E-state index is 12.5. The van der Waals surface area contributed by atoms with E-state index in [0.717, 1.165) is 0 Å². The van der Waals surface area contributed by atoms with Crippen molar-refractivity contribution in [3.63, 3.8) is 0 Å². The van der Waals surface area contributed by atoms with Crippen LogP contribution in [0.1, 0.15) is 0 Å². The van der Waals surface area contributed by atoms with Crippen LogP contribution in [0.15, 0.2) is 4.99 Å². The highest BCUT2D eigenvalue weighted by Gasteiger charge is 2.36. The predicted molar refractivity (Wildman–Crippen MR) is 30.1 cm³/mol. The van der Waals surface area contributed by atoms with Gasteiger partial charge in [-0.05, 0) is 0 Å². The Hall–Kier alpha value is -1.30. The van der Waals surface area contributed by atoms with E-state index in [4.69, 9.17) is 5.73 Å². The smallest absolute Gasteiger partial charge is 0.286 e. The third-order valence-electron chi connectivity index (χ3n) is 0.938. The number of carbonyl (C=O) groups excluding carboxylic acids is 2. The van der Waals surface area contributed by atoms with Gasteiger partial charge < -0.3 is 0 Å². The Morgan fingerprint density at radius 3 is 2.70 bits per heavy atom. The Balaban J connectivity index is 2.93. The number of nitrogens with one attached hydrogen (secondary N) is 1. The van der Waals surface area contributed by atoms with Crippen LogP contribution < -0.4 is 11.1 Å². The second kappa shape index (κ2) is 1.84. The van der Waals surface area contributed by atoms with Crippen molar-refractivity contribution < 1.29 is 14.0 Å². The topological polar surface area (TPSA) is 84.5 Å². The second-order valence-corrected chi connectivity index (χ2v) is 1.79. The number of nitrogens with two attached hydrogens (primary N) is 1. The van der Waals surface area contributed by atoms with E-state index in [1.54, 1.807) is 5.32 Å². The van der Waals surface area contributed by atoms with Gasteiger partial charge in [0, 0.05) is 0 Å². The minimum atomic E-state index is -2.64. The van der Waals surface area contributed by atoms with Gasteiger partial charge in [0.05, 0.1) is 6.21 Å². The van der Waals surface area contributed by atoms with Crippen molar-refractivity contribution in [2.24, 2.45) is 10.7 Å². The molecule has 1 aliphatic rings. The van der Waals surface area contributed by atoms with Crippen molar-refractivity contribution >= 4 is 18.2 Å². The van der Waals surface area contributed by atoms with Crippen LogP contribution in [0.5, 0.6) is 0 Å². The number of carbonyl (C=O) groups is 2. The first kappa shape index (κ1) is 6.81. The molecule has 3 amide bonds. The molecule has 1 heterocycles. The van der Waals surface area contributed by atoms with E-state index in [0.29, 0.717) is 6.21 Å². The van der Waals surface area contributed by atoms with Gasteiger partial charge in [-0.1, -0.05) is 0 Å². The molecule has 3 N–H and O–H groups in total. The van der Waals surface area contributed by atoms with Crippen molar-refractivity contribution in [3.05, 3.63) is 0 Å². The summed E-state index contributed by atoms with van der Waals surface area (Å²) in [6, 6.07) is -0.899. The molecule has 6 heteroatoms. The number of rotatable bonds is 0. The van der Waals surface area contributed by atoms with Gasteiger partial charge >= 0.3 is 6.03 Å². The van der Waals surface area contributed by atoms with Gasteiger partial charge in [0.15, 0.2) is 0 Å². The number of amides is 3. The van der Waals surface area contributed by atoms with Crippen LogP contribution in [-0.2, 0) is 4.79 Å². The summed E-state index contributed by atoms with van der Waals surface area (Å²) in [4.78, 5) is 23.5. The highest BCUT2D eigenvalue weighted by molar-refractivity contribution is 6.13. The zero-order valence-corrected chi connectivity index (χ0v) is 4.80. The van der Waals surface area contributed by atoms with E-state index in [1.165, 1.54) is 0 Å². The van der Waals surface area contributed by atoms with Crippen molar-refractivity contribution in [3.8, 4) is 0 Å². The van der Waals surface area contributed by atoms with Crippen LogP contribution in [0.2, 0.25) is 0 Å². The standard InChI is InChI=1S/C4H4FN3O2/c5-4(6)1-7-3(10)8-2(4)9/h1H,6H2,(H,8,9,10). The van der Waals surface area contributed by atoms with Crippen LogP contribution in [0.4, 0.5) is 9.18 Å². The molecule has 54 valence electrons. The number of aliphatic imine (C=N–C) groups is 1. The fourth-order valence-corrected chi connectivity index (χ4v) is 0.436. The van der Waals surface area contributed by atoms with Crippen LogP contribution in [-0.4, -0.2) is 23.9 Å². The average Bonchev–Trinajstić information content (AvgIpc) is 1.81. The van der Waals surface area contributed by atoms with Crippen molar-refractivity contribution in [1.29, 1.82) is 0 Å². The monoisotopic (exact) mass is 145 g/mol. The molecule has 0 aromatic heterocycles. The lowest BCUT2D eigenvalue weighted by atomic mass is 10.2. The molecule has 0 radical (unpaired) electrons. The SMILES string of the molecule is NC1(F)C=NC(=O)NC1=O. The molecule has 10 heavy (non-hydrogen) atoms. The largest absolute Gasteiger partial charge is 0.347 e. The minimum absolute atomic E-state index is 0.466. The molecule has 5 nitrogen and oxygen atoms in total. The third-order valence-corrected chi connectivity index (χ3v) is 0.938. The first-order valence-corrected chi connectivity index (χ1v) is 2.41. The summed E-state index contributed by atoms with van der Waals surface area (Å²) in [5.74, 6) is -3.83. The number of halogens is 1. The molecular weight excluding hydrogens is 141 g/mol. The number of nitrogens with zero attached hydrogens (tertiary/aromatic N) is 1. The molecule has 1 atom stereocenters. The molecular formula is C4H4FN3O2.